The lowest BCUT2D eigenvalue weighted by Gasteiger charge is -2.10. The number of hydrogen-bond acceptors (Lipinski definition) is 7. The molecule has 0 aliphatic carbocycles. The molecule has 0 aliphatic rings. The average molecular weight is 210 g/mol. The van der Waals surface area contributed by atoms with Crippen LogP contribution >= 0.6 is 0 Å². The first-order valence-electron chi connectivity index (χ1n) is 3.22. The van der Waals surface area contributed by atoms with Crippen molar-refractivity contribution in [1.29, 1.82) is 0 Å². The van der Waals surface area contributed by atoms with E-state index in [1.807, 2.05) is 0 Å². The van der Waals surface area contributed by atoms with Gasteiger partial charge < -0.3 is 14.8 Å². The molecule has 0 aromatic rings. The van der Waals surface area contributed by atoms with Crippen molar-refractivity contribution >= 4 is 5.97 Å². The van der Waals surface area contributed by atoms with Crippen LogP contribution in [0, 0.1) is 20.2 Å². The normalized spacial score (nSPS) is 11.4. The van der Waals surface area contributed by atoms with Gasteiger partial charge in [0, 0.05) is 0 Å². The molecule has 0 saturated heterocycles. The number of rotatable bonds is 7. The zero-order chi connectivity index (χ0) is 11.1. The fraction of sp³-hybridized carbons (Fsp3) is 0.750. The molecule has 0 aromatic heterocycles. The Labute approximate surface area is 76.2 Å². The zero-order valence-corrected chi connectivity index (χ0v) is 6.69. The predicted molar refractivity (Wildman–Crippen MR) is 37.1 cm³/mol. The molecule has 0 saturated carbocycles. The second-order valence-corrected chi connectivity index (χ2v) is 2.07. The summed E-state index contributed by atoms with van der Waals surface area (Å²) in [4.78, 5) is 37.2. The van der Waals surface area contributed by atoms with E-state index < -0.39 is 35.3 Å². The maximum atomic E-state index is 10.1. The summed E-state index contributed by atoms with van der Waals surface area (Å²) < 4.78 is 0. The number of hydrogen-bond donors (Lipinski definition) is 1. The van der Waals surface area contributed by atoms with E-state index in [9.17, 15) is 25.0 Å². The number of nitrogens with zero attached hydrogens (tertiary/aromatic N) is 2. The smallest absolute Gasteiger partial charge is 0.305 e. The standard InChI is InChI=1S/C4H6N2O8/c7-4(8)1-3(14-6(11)12)2-13-5(9)10/h3H,1-2H2,(H,7,8). The van der Waals surface area contributed by atoms with Gasteiger partial charge in [-0.3, -0.25) is 4.79 Å². The zero-order valence-electron chi connectivity index (χ0n) is 6.69. The molecule has 80 valence electrons. The molecule has 14 heavy (non-hydrogen) atoms. The molecule has 10 heteroatoms. The molecule has 0 amide bonds. The third-order valence-corrected chi connectivity index (χ3v) is 1.00. The maximum Gasteiger partial charge on any atom is 0.305 e. The molecule has 0 bridgehead atoms. The first-order chi connectivity index (χ1) is 6.41. The minimum absolute atomic E-state index is 0.755. The highest BCUT2D eigenvalue weighted by Gasteiger charge is 2.18. The summed E-state index contributed by atoms with van der Waals surface area (Å²) in [6.07, 6.45) is -2.25. The van der Waals surface area contributed by atoms with Crippen molar-refractivity contribution in [2.24, 2.45) is 0 Å². The second kappa shape index (κ2) is 5.50. The van der Waals surface area contributed by atoms with Gasteiger partial charge in [-0.15, -0.1) is 20.2 Å². The van der Waals surface area contributed by atoms with Crippen molar-refractivity contribution in [3.63, 3.8) is 0 Å². The molecule has 0 aliphatic heterocycles. The van der Waals surface area contributed by atoms with Crippen molar-refractivity contribution in [3.05, 3.63) is 20.2 Å². The summed E-state index contributed by atoms with van der Waals surface area (Å²) in [5.74, 6) is -1.39. The monoisotopic (exact) mass is 210 g/mol. The molecule has 10 nitrogen and oxygen atoms in total. The quantitative estimate of drug-likeness (QED) is 0.426. The number of carboxylic acids is 1. The van der Waals surface area contributed by atoms with Gasteiger partial charge in [0.05, 0.1) is 6.42 Å². The Morgan fingerprint density at radius 1 is 1.36 bits per heavy atom. The van der Waals surface area contributed by atoms with E-state index in [4.69, 9.17) is 5.11 Å². The summed E-state index contributed by atoms with van der Waals surface area (Å²) in [6.45, 7) is -0.805. The van der Waals surface area contributed by atoms with Crippen LogP contribution in [0.3, 0.4) is 0 Å². The first-order valence-corrected chi connectivity index (χ1v) is 3.22. The number of carboxylic acid groups (broad SMARTS) is 1. The van der Waals surface area contributed by atoms with E-state index >= 15 is 0 Å². The lowest BCUT2D eigenvalue weighted by Crippen LogP contribution is -2.27. The Balaban J connectivity index is 4.03. The molecule has 0 heterocycles. The van der Waals surface area contributed by atoms with Crippen molar-refractivity contribution in [2.45, 2.75) is 12.5 Å². The van der Waals surface area contributed by atoms with Crippen LogP contribution in [0.2, 0.25) is 0 Å². The van der Waals surface area contributed by atoms with Gasteiger partial charge in [0.1, 0.15) is 12.7 Å². The predicted octanol–water partition coefficient (Wildman–Crippen LogP) is -0.754. The van der Waals surface area contributed by atoms with Gasteiger partial charge in [0.25, 0.3) is 10.2 Å². The van der Waals surface area contributed by atoms with Crippen LogP contribution in [0.25, 0.3) is 0 Å². The third-order valence-electron chi connectivity index (χ3n) is 1.00. The highest BCUT2D eigenvalue weighted by atomic mass is 17.0. The SMILES string of the molecule is O=C(O)CC(CO[N+](=O)[O-])O[N+](=O)[O-]. The van der Waals surface area contributed by atoms with Crippen LogP contribution in [0.5, 0.6) is 0 Å². The lowest BCUT2D eigenvalue weighted by molar-refractivity contribution is -0.789. The molecular weight excluding hydrogens is 204 g/mol. The van der Waals surface area contributed by atoms with Gasteiger partial charge in [-0.05, 0) is 0 Å². The molecule has 1 N–H and O–H groups in total. The largest absolute Gasteiger partial charge is 0.481 e. The van der Waals surface area contributed by atoms with Gasteiger partial charge in [0.2, 0.25) is 0 Å². The van der Waals surface area contributed by atoms with E-state index in [-0.39, 0.29) is 0 Å². The Kier molecular flexibility index (Phi) is 4.67. The number of aliphatic carboxylic acids is 1. The first kappa shape index (κ1) is 11.9. The molecule has 0 aromatic carbocycles. The van der Waals surface area contributed by atoms with E-state index in [1.54, 1.807) is 0 Å². The Bertz CT molecular complexity index is 223. The fourth-order valence-electron chi connectivity index (χ4n) is 0.587. The van der Waals surface area contributed by atoms with Crippen molar-refractivity contribution in [3.8, 4) is 0 Å². The topological polar surface area (TPSA) is 142 Å². The molecule has 1 unspecified atom stereocenters. The lowest BCUT2D eigenvalue weighted by atomic mass is 10.3. The van der Waals surface area contributed by atoms with Crippen LogP contribution in [0.15, 0.2) is 0 Å². The molecule has 0 fully saturated rings. The van der Waals surface area contributed by atoms with Crippen molar-refractivity contribution in [1.82, 2.24) is 0 Å². The van der Waals surface area contributed by atoms with Crippen LogP contribution in [0.4, 0.5) is 0 Å². The van der Waals surface area contributed by atoms with Gasteiger partial charge in [-0.2, -0.15) is 0 Å². The molecular formula is C4H6N2O8. The van der Waals surface area contributed by atoms with E-state index in [0.29, 0.717) is 0 Å². The Morgan fingerprint density at radius 3 is 2.29 bits per heavy atom. The number of carbonyl (C=O) groups is 1. The second-order valence-electron chi connectivity index (χ2n) is 2.07. The van der Waals surface area contributed by atoms with E-state index in [1.165, 1.54) is 0 Å². The third kappa shape index (κ3) is 6.57. The maximum absolute atomic E-state index is 10.1. The molecule has 1 atom stereocenters. The highest BCUT2D eigenvalue weighted by molar-refractivity contribution is 5.67. The van der Waals surface area contributed by atoms with E-state index in [2.05, 4.69) is 9.68 Å². The highest BCUT2D eigenvalue weighted by Crippen LogP contribution is 2.00. The molecule has 0 radical (unpaired) electrons. The summed E-state index contributed by atoms with van der Waals surface area (Å²) in [6, 6.07) is 0. The van der Waals surface area contributed by atoms with Crippen LogP contribution < -0.4 is 0 Å². The summed E-state index contributed by atoms with van der Waals surface area (Å²) in [7, 11) is 0. The molecule has 0 rings (SSSR count). The summed E-state index contributed by atoms with van der Waals surface area (Å²) in [5, 5.41) is 25.3. The Morgan fingerprint density at radius 2 is 1.93 bits per heavy atom. The van der Waals surface area contributed by atoms with Crippen LogP contribution in [-0.2, 0) is 14.5 Å². The summed E-state index contributed by atoms with van der Waals surface area (Å²) in [5.41, 5.74) is 0. The van der Waals surface area contributed by atoms with Crippen LogP contribution in [0.1, 0.15) is 6.42 Å². The van der Waals surface area contributed by atoms with Gasteiger partial charge >= 0.3 is 5.97 Å². The minimum Gasteiger partial charge on any atom is -0.481 e. The van der Waals surface area contributed by atoms with Crippen molar-refractivity contribution < 1.29 is 29.7 Å². The summed E-state index contributed by atoms with van der Waals surface area (Å²) >= 11 is 0. The van der Waals surface area contributed by atoms with Gasteiger partial charge in [-0.1, -0.05) is 0 Å². The Hall–Kier alpha value is -2.13. The van der Waals surface area contributed by atoms with Crippen molar-refractivity contribution in [2.75, 3.05) is 6.61 Å². The average Bonchev–Trinajstić information content (AvgIpc) is 1.97. The van der Waals surface area contributed by atoms with Crippen LogP contribution in [-0.4, -0.2) is 34.0 Å². The van der Waals surface area contributed by atoms with E-state index in [0.717, 1.165) is 0 Å². The van der Waals surface area contributed by atoms with Gasteiger partial charge in [-0.25, -0.2) is 0 Å². The molecule has 0 spiro atoms. The fourth-order valence-corrected chi connectivity index (χ4v) is 0.587. The van der Waals surface area contributed by atoms with Gasteiger partial charge in [0.15, 0.2) is 0 Å². The minimum atomic E-state index is -1.49.